The van der Waals surface area contributed by atoms with Gasteiger partial charge in [-0.3, -0.25) is 0 Å². The van der Waals surface area contributed by atoms with E-state index >= 15 is 0 Å². The summed E-state index contributed by atoms with van der Waals surface area (Å²) in [5, 5.41) is 3.59. The third kappa shape index (κ3) is 2.56. The Bertz CT molecular complexity index is 424. The van der Waals surface area contributed by atoms with Gasteiger partial charge in [0.25, 0.3) is 0 Å². The van der Waals surface area contributed by atoms with Crippen molar-refractivity contribution in [3.05, 3.63) is 35.9 Å². The van der Waals surface area contributed by atoms with Crippen LogP contribution in [0.4, 0.5) is 0 Å². The van der Waals surface area contributed by atoms with Crippen LogP contribution in [0.5, 0.6) is 0 Å². The van der Waals surface area contributed by atoms with Crippen LogP contribution in [-0.4, -0.2) is 25.3 Å². The molecule has 2 heterocycles. The third-order valence-electron chi connectivity index (χ3n) is 4.96. The maximum Gasteiger partial charge on any atom is 0.0632 e. The van der Waals surface area contributed by atoms with Gasteiger partial charge in [-0.1, -0.05) is 30.3 Å². The molecule has 2 saturated heterocycles. The molecule has 104 valence electrons. The largest absolute Gasteiger partial charge is 0.376 e. The predicted molar refractivity (Wildman–Crippen MR) is 78.4 cm³/mol. The van der Waals surface area contributed by atoms with Crippen molar-refractivity contribution in [2.75, 3.05) is 19.7 Å². The van der Waals surface area contributed by atoms with E-state index in [1.165, 1.54) is 24.8 Å². The topological polar surface area (TPSA) is 21.3 Å². The van der Waals surface area contributed by atoms with E-state index in [0.717, 1.165) is 19.7 Å². The second-order valence-corrected chi connectivity index (χ2v) is 6.81. The first-order chi connectivity index (χ1) is 9.11. The lowest BCUT2D eigenvalue weighted by Gasteiger charge is -2.52. The Kier molecular flexibility index (Phi) is 3.40. The molecule has 1 N–H and O–H groups in total. The highest BCUT2D eigenvalue weighted by atomic mass is 16.5. The molecule has 19 heavy (non-hydrogen) atoms. The molecule has 1 aromatic carbocycles. The van der Waals surface area contributed by atoms with Crippen molar-refractivity contribution in [2.24, 2.45) is 5.41 Å². The van der Waals surface area contributed by atoms with Gasteiger partial charge >= 0.3 is 0 Å². The highest BCUT2D eigenvalue weighted by molar-refractivity contribution is 5.24. The van der Waals surface area contributed by atoms with Crippen molar-refractivity contribution in [1.29, 1.82) is 0 Å². The maximum absolute atomic E-state index is 5.96. The lowest BCUT2D eigenvalue weighted by Crippen LogP contribution is -2.51. The normalized spacial score (nSPS) is 34.3. The van der Waals surface area contributed by atoms with Crippen LogP contribution in [0.3, 0.4) is 0 Å². The molecule has 2 nitrogen and oxygen atoms in total. The van der Waals surface area contributed by atoms with Crippen LogP contribution >= 0.6 is 0 Å². The lowest BCUT2D eigenvalue weighted by molar-refractivity contribution is -0.119. The minimum absolute atomic E-state index is 0.0304. The fourth-order valence-electron chi connectivity index (χ4n) is 4.16. The van der Waals surface area contributed by atoms with Gasteiger partial charge in [0, 0.05) is 19.1 Å². The van der Waals surface area contributed by atoms with Gasteiger partial charge < -0.3 is 10.1 Å². The number of piperidine rings is 1. The Hall–Kier alpha value is -0.860. The first-order valence-electron chi connectivity index (χ1n) is 7.51. The van der Waals surface area contributed by atoms with E-state index in [0.29, 0.717) is 11.3 Å². The molecule has 0 saturated carbocycles. The Morgan fingerprint density at radius 3 is 2.68 bits per heavy atom. The number of nitrogens with one attached hydrogen (secondary N) is 1. The summed E-state index contributed by atoms with van der Waals surface area (Å²) in [6, 6.07) is 11.0. The highest BCUT2D eigenvalue weighted by Crippen LogP contribution is 2.51. The number of hydrogen-bond donors (Lipinski definition) is 1. The average molecular weight is 259 g/mol. The Balaban J connectivity index is 1.92. The Morgan fingerprint density at radius 2 is 1.95 bits per heavy atom. The third-order valence-corrected chi connectivity index (χ3v) is 4.96. The van der Waals surface area contributed by atoms with Crippen molar-refractivity contribution in [1.82, 2.24) is 5.32 Å². The zero-order chi connectivity index (χ0) is 13.3. The van der Waals surface area contributed by atoms with E-state index in [1.807, 2.05) is 0 Å². The second kappa shape index (κ2) is 4.92. The molecular formula is C17H25NO. The van der Waals surface area contributed by atoms with Gasteiger partial charge in [0.15, 0.2) is 0 Å². The van der Waals surface area contributed by atoms with Crippen LogP contribution in [0.25, 0.3) is 0 Å². The first-order valence-corrected chi connectivity index (χ1v) is 7.51. The van der Waals surface area contributed by atoms with Gasteiger partial charge in [0.1, 0.15) is 0 Å². The molecule has 2 atom stereocenters. The minimum Gasteiger partial charge on any atom is -0.376 e. The molecular weight excluding hydrogens is 234 g/mol. The molecule has 0 amide bonds. The number of rotatable bonds is 1. The van der Waals surface area contributed by atoms with Gasteiger partial charge in [0.05, 0.1) is 5.60 Å². The summed E-state index contributed by atoms with van der Waals surface area (Å²) >= 11 is 0. The van der Waals surface area contributed by atoms with Gasteiger partial charge in [-0.25, -0.2) is 0 Å². The van der Waals surface area contributed by atoms with Crippen LogP contribution in [0.1, 0.15) is 44.6 Å². The van der Waals surface area contributed by atoms with Crippen molar-refractivity contribution < 1.29 is 4.74 Å². The van der Waals surface area contributed by atoms with E-state index in [4.69, 9.17) is 4.74 Å². The van der Waals surface area contributed by atoms with Crippen molar-refractivity contribution in [2.45, 2.75) is 44.6 Å². The number of ether oxygens (including phenoxy) is 1. The second-order valence-electron chi connectivity index (χ2n) is 6.81. The van der Waals surface area contributed by atoms with Crippen LogP contribution in [0, 0.1) is 5.41 Å². The summed E-state index contributed by atoms with van der Waals surface area (Å²) in [6.07, 6.45) is 3.66. The first kappa shape index (κ1) is 13.1. The van der Waals surface area contributed by atoms with E-state index in [9.17, 15) is 0 Å². The van der Waals surface area contributed by atoms with E-state index in [2.05, 4.69) is 49.5 Å². The van der Waals surface area contributed by atoms with Crippen LogP contribution in [-0.2, 0) is 4.74 Å². The molecule has 0 radical (unpaired) electrons. The lowest BCUT2D eigenvalue weighted by atomic mass is 9.60. The molecule has 2 aliphatic heterocycles. The molecule has 2 heteroatoms. The Morgan fingerprint density at radius 1 is 1.16 bits per heavy atom. The summed E-state index contributed by atoms with van der Waals surface area (Å²) in [6.45, 7) is 7.67. The molecule has 2 unspecified atom stereocenters. The molecule has 0 aliphatic carbocycles. The number of benzene rings is 1. The average Bonchev–Trinajstić information content (AvgIpc) is 2.39. The minimum atomic E-state index is 0.0304. The van der Waals surface area contributed by atoms with Crippen molar-refractivity contribution >= 4 is 0 Å². The zero-order valence-corrected chi connectivity index (χ0v) is 12.1. The molecule has 2 aliphatic rings. The smallest absolute Gasteiger partial charge is 0.0632 e. The molecule has 1 aromatic rings. The summed E-state index contributed by atoms with van der Waals surface area (Å²) < 4.78 is 5.96. The highest BCUT2D eigenvalue weighted by Gasteiger charge is 2.47. The number of hydrogen-bond acceptors (Lipinski definition) is 2. The monoisotopic (exact) mass is 259 g/mol. The molecule has 1 spiro atoms. The predicted octanol–water partition coefficient (Wildman–Crippen LogP) is 3.34. The van der Waals surface area contributed by atoms with Crippen LogP contribution < -0.4 is 5.32 Å². The summed E-state index contributed by atoms with van der Waals surface area (Å²) in [5.41, 5.74) is 1.95. The zero-order valence-electron chi connectivity index (χ0n) is 12.1. The van der Waals surface area contributed by atoms with Crippen molar-refractivity contribution in [3.8, 4) is 0 Å². The SMILES string of the molecule is CC1(C)CC2(CCNCC2c2ccccc2)CCO1. The standard InChI is InChI=1S/C17H25NO/c1-16(2)13-17(9-11-19-16)8-10-18-12-15(17)14-6-4-3-5-7-14/h3-7,15,18H,8-13H2,1-2H3. The van der Waals surface area contributed by atoms with E-state index in [1.54, 1.807) is 0 Å². The summed E-state index contributed by atoms with van der Waals surface area (Å²) in [5.74, 6) is 0.630. The van der Waals surface area contributed by atoms with E-state index < -0.39 is 0 Å². The van der Waals surface area contributed by atoms with Gasteiger partial charge in [-0.05, 0) is 50.6 Å². The molecule has 3 rings (SSSR count). The van der Waals surface area contributed by atoms with Crippen molar-refractivity contribution in [3.63, 3.8) is 0 Å². The summed E-state index contributed by atoms with van der Waals surface area (Å²) in [4.78, 5) is 0. The quantitative estimate of drug-likeness (QED) is 0.835. The van der Waals surface area contributed by atoms with Gasteiger partial charge in [0.2, 0.25) is 0 Å². The van der Waals surface area contributed by atoms with Crippen LogP contribution in [0.15, 0.2) is 30.3 Å². The molecule has 2 fully saturated rings. The Labute approximate surface area is 116 Å². The molecule has 0 aromatic heterocycles. The maximum atomic E-state index is 5.96. The van der Waals surface area contributed by atoms with E-state index in [-0.39, 0.29) is 5.60 Å². The summed E-state index contributed by atoms with van der Waals surface area (Å²) in [7, 11) is 0. The van der Waals surface area contributed by atoms with Crippen LogP contribution in [0.2, 0.25) is 0 Å². The van der Waals surface area contributed by atoms with Gasteiger partial charge in [-0.15, -0.1) is 0 Å². The fourth-order valence-corrected chi connectivity index (χ4v) is 4.16. The fraction of sp³-hybridized carbons (Fsp3) is 0.647. The van der Waals surface area contributed by atoms with Gasteiger partial charge in [-0.2, -0.15) is 0 Å². The molecule has 0 bridgehead atoms.